The first-order chi connectivity index (χ1) is 9.06. The molecule has 1 aromatic carbocycles. The van der Waals surface area contributed by atoms with Crippen molar-refractivity contribution in [1.29, 1.82) is 0 Å². The van der Waals surface area contributed by atoms with Gasteiger partial charge in [-0.3, -0.25) is 14.8 Å². The van der Waals surface area contributed by atoms with Gasteiger partial charge in [0.2, 0.25) is 0 Å². The predicted molar refractivity (Wildman–Crippen MR) is 73.2 cm³/mol. The number of nitrogens with zero attached hydrogens (tertiary/aromatic N) is 3. The lowest BCUT2D eigenvalue weighted by Crippen LogP contribution is -2.06. The third kappa shape index (κ3) is 3.31. The summed E-state index contributed by atoms with van der Waals surface area (Å²) in [6.07, 6.45) is 4.51. The van der Waals surface area contributed by atoms with Gasteiger partial charge in [0.15, 0.2) is 0 Å². The molecular weight excluding hydrogens is 244 g/mol. The van der Waals surface area contributed by atoms with E-state index in [1.165, 1.54) is 6.07 Å². The van der Waals surface area contributed by atoms with Crippen LogP contribution in [0, 0.1) is 17.0 Å². The maximum atomic E-state index is 10.9. The Morgan fingerprint density at radius 1 is 1.47 bits per heavy atom. The van der Waals surface area contributed by atoms with Gasteiger partial charge < -0.3 is 5.32 Å². The van der Waals surface area contributed by atoms with Gasteiger partial charge in [0, 0.05) is 25.9 Å². The van der Waals surface area contributed by atoms with Crippen LogP contribution in [-0.4, -0.2) is 21.2 Å². The van der Waals surface area contributed by atoms with Gasteiger partial charge in [0.05, 0.1) is 11.1 Å². The maximum absolute atomic E-state index is 10.9. The Morgan fingerprint density at radius 3 is 2.89 bits per heavy atom. The first-order valence-electron chi connectivity index (χ1n) is 6.02. The standard InChI is InChI=1S/C13H16N4O2/c1-10-3-4-13(17(18)19)12(7-10)14-6-5-11-8-15-16(2)9-11/h3-4,7-9,14H,5-6H2,1-2H3. The molecule has 0 saturated carbocycles. The number of anilines is 1. The fraction of sp³-hybridized carbons (Fsp3) is 0.308. The van der Waals surface area contributed by atoms with Crippen molar-refractivity contribution in [2.75, 3.05) is 11.9 Å². The molecular formula is C13H16N4O2. The van der Waals surface area contributed by atoms with Crippen LogP contribution in [0.1, 0.15) is 11.1 Å². The van der Waals surface area contributed by atoms with E-state index in [1.54, 1.807) is 23.0 Å². The van der Waals surface area contributed by atoms with Crippen LogP contribution in [0.25, 0.3) is 0 Å². The summed E-state index contributed by atoms with van der Waals surface area (Å²) in [5.74, 6) is 0. The summed E-state index contributed by atoms with van der Waals surface area (Å²) >= 11 is 0. The van der Waals surface area contributed by atoms with Crippen LogP contribution in [0.15, 0.2) is 30.6 Å². The summed E-state index contributed by atoms with van der Waals surface area (Å²) in [7, 11) is 1.86. The van der Waals surface area contributed by atoms with Crippen LogP contribution in [-0.2, 0) is 13.5 Å². The second-order valence-corrected chi connectivity index (χ2v) is 4.48. The second-order valence-electron chi connectivity index (χ2n) is 4.48. The van der Waals surface area contributed by atoms with Gasteiger partial charge in [-0.15, -0.1) is 0 Å². The van der Waals surface area contributed by atoms with Crippen molar-refractivity contribution in [3.63, 3.8) is 0 Å². The van der Waals surface area contributed by atoms with E-state index in [0.29, 0.717) is 12.2 Å². The predicted octanol–water partition coefficient (Wildman–Crippen LogP) is 2.29. The zero-order valence-corrected chi connectivity index (χ0v) is 11.0. The molecule has 1 N–H and O–H groups in total. The van der Waals surface area contributed by atoms with Crippen LogP contribution >= 0.6 is 0 Å². The molecule has 0 aliphatic rings. The number of hydrogen-bond acceptors (Lipinski definition) is 4. The molecule has 0 saturated heterocycles. The molecule has 0 fully saturated rings. The fourth-order valence-electron chi connectivity index (χ4n) is 1.89. The Balaban J connectivity index is 2.02. The number of nitrogens with one attached hydrogen (secondary N) is 1. The van der Waals surface area contributed by atoms with E-state index in [0.717, 1.165) is 17.5 Å². The molecule has 19 heavy (non-hydrogen) atoms. The zero-order chi connectivity index (χ0) is 13.8. The van der Waals surface area contributed by atoms with E-state index in [1.807, 2.05) is 20.2 Å². The van der Waals surface area contributed by atoms with E-state index < -0.39 is 0 Å². The molecule has 0 unspecified atom stereocenters. The van der Waals surface area contributed by atoms with Crippen molar-refractivity contribution in [3.8, 4) is 0 Å². The monoisotopic (exact) mass is 260 g/mol. The topological polar surface area (TPSA) is 73.0 Å². The molecule has 0 aliphatic carbocycles. The van der Waals surface area contributed by atoms with Crippen molar-refractivity contribution in [3.05, 3.63) is 51.8 Å². The van der Waals surface area contributed by atoms with Crippen molar-refractivity contribution < 1.29 is 4.92 Å². The Hall–Kier alpha value is -2.37. The van der Waals surface area contributed by atoms with E-state index in [9.17, 15) is 10.1 Å². The Bertz CT molecular complexity index is 592. The average Bonchev–Trinajstić information content (AvgIpc) is 2.75. The highest BCUT2D eigenvalue weighted by Crippen LogP contribution is 2.25. The zero-order valence-electron chi connectivity index (χ0n) is 11.0. The highest BCUT2D eigenvalue weighted by molar-refractivity contribution is 5.62. The summed E-state index contributed by atoms with van der Waals surface area (Å²) in [5, 5.41) is 18.1. The molecule has 6 heteroatoms. The summed E-state index contributed by atoms with van der Waals surface area (Å²) in [4.78, 5) is 10.6. The normalized spacial score (nSPS) is 10.4. The molecule has 0 amide bonds. The molecule has 2 rings (SSSR count). The van der Waals surface area contributed by atoms with E-state index in [4.69, 9.17) is 0 Å². The molecule has 100 valence electrons. The smallest absolute Gasteiger partial charge is 0.292 e. The number of aryl methyl sites for hydroxylation is 2. The minimum absolute atomic E-state index is 0.108. The van der Waals surface area contributed by atoms with E-state index >= 15 is 0 Å². The number of nitro benzene ring substituents is 1. The van der Waals surface area contributed by atoms with Crippen LogP contribution in [0.4, 0.5) is 11.4 Å². The minimum Gasteiger partial charge on any atom is -0.379 e. The quantitative estimate of drug-likeness (QED) is 0.661. The van der Waals surface area contributed by atoms with Gasteiger partial charge in [-0.25, -0.2) is 0 Å². The lowest BCUT2D eigenvalue weighted by atomic mass is 10.2. The second kappa shape index (κ2) is 5.51. The van der Waals surface area contributed by atoms with Crippen LogP contribution in [0.2, 0.25) is 0 Å². The van der Waals surface area contributed by atoms with Crippen molar-refractivity contribution in [2.24, 2.45) is 7.05 Å². The van der Waals surface area contributed by atoms with Gasteiger partial charge in [0.25, 0.3) is 5.69 Å². The van der Waals surface area contributed by atoms with Gasteiger partial charge in [-0.05, 0) is 30.5 Å². The third-order valence-electron chi connectivity index (χ3n) is 2.84. The number of hydrogen-bond donors (Lipinski definition) is 1. The molecule has 0 atom stereocenters. The molecule has 1 aromatic heterocycles. The maximum Gasteiger partial charge on any atom is 0.292 e. The lowest BCUT2D eigenvalue weighted by molar-refractivity contribution is -0.384. The Labute approximate surface area is 111 Å². The average molecular weight is 260 g/mol. The molecule has 6 nitrogen and oxygen atoms in total. The Kier molecular flexibility index (Phi) is 3.79. The highest BCUT2D eigenvalue weighted by atomic mass is 16.6. The number of nitro groups is 1. The van der Waals surface area contributed by atoms with Gasteiger partial charge in [-0.2, -0.15) is 5.10 Å². The van der Waals surface area contributed by atoms with Crippen LogP contribution < -0.4 is 5.32 Å². The van der Waals surface area contributed by atoms with Gasteiger partial charge in [-0.1, -0.05) is 6.07 Å². The summed E-state index contributed by atoms with van der Waals surface area (Å²) in [5.41, 5.74) is 2.77. The molecule has 0 spiro atoms. The largest absolute Gasteiger partial charge is 0.379 e. The van der Waals surface area contributed by atoms with Crippen molar-refractivity contribution in [2.45, 2.75) is 13.3 Å². The summed E-state index contributed by atoms with van der Waals surface area (Å²) < 4.78 is 1.74. The number of rotatable bonds is 5. The molecule has 2 aromatic rings. The fourth-order valence-corrected chi connectivity index (χ4v) is 1.89. The molecule has 0 bridgehead atoms. The van der Waals surface area contributed by atoms with Gasteiger partial charge in [0.1, 0.15) is 5.69 Å². The molecule has 1 heterocycles. The SMILES string of the molecule is Cc1ccc([N+](=O)[O-])c(NCCc2cnn(C)c2)c1. The van der Waals surface area contributed by atoms with Crippen LogP contribution in [0.3, 0.4) is 0 Å². The van der Waals surface area contributed by atoms with Crippen molar-refractivity contribution in [1.82, 2.24) is 9.78 Å². The highest BCUT2D eigenvalue weighted by Gasteiger charge is 2.12. The van der Waals surface area contributed by atoms with E-state index in [2.05, 4.69) is 10.4 Å². The van der Waals surface area contributed by atoms with Crippen LogP contribution in [0.5, 0.6) is 0 Å². The first kappa shape index (κ1) is 13.1. The van der Waals surface area contributed by atoms with Gasteiger partial charge >= 0.3 is 0 Å². The third-order valence-corrected chi connectivity index (χ3v) is 2.84. The number of benzene rings is 1. The summed E-state index contributed by atoms with van der Waals surface area (Å²) in [6.45, 7) is 2.55. The first-order valence-corrected chi connectivity index (χ1v) is 6.02. The minimum atomic E-state index is -0.369. The molecule has 0 aliphatic heterocycles. The Morgan fingerprint density at radius 2 is 2.26 bits per heavy atom. The number of aromatic nitrogens is 2. The van der Waals surface area contributed by atoms with E-state index in [-0.39, 0.29) is 10.6 Å². The molecule has 0 radical (unpaired) electrons. The van der Waals surface area contributed by atoms with Crippen molar-refractivity contribution >= 4 is 11.4 Å². The lowest BCUT2D eigenvalue weighted by Gasteiger charge is -2.07. The summed E-state index contributed by atoms with van der Waals surface area (Å²) in [6, 6.07) is 5.06.